The van der Waals surface area contributed by atoms with Crippen LogP contribution in [0.5, 0.6) is 0 Å². The molecule has 32 heavy (non-hydrogen) atoms. The number of halogens is 1. The van der Waals surface area contributed by atoms with Gasteiger partial charge in [-0.05, 0) is 97.2 Å². The highest BCUT2D eigenvalue weighted by molar-refractivity contribution is 9.10. The largest absolute Gasteiger partial charge is 0.393 e. The Morgan fingerprint density at radius 1 is 0.969 bits per heavy atom. The van der Waals surface area contributed by atoms with Gasteiger partial charge < -0.3 is 5.11 Å². The van der Waals surface area contributed by atoms with Gasteiger partial charge in [0, 0.05) is 4.32 Å². The van der Waals surface area contributed by atoms with Crippen molar-refractivity contribution in [1.29, 1.82) is 0 Å². The summed E-state index contributed by atoms with van der Waals surface area (Å²) < 4.78 is 0.279. The summed E-state index contributed by atoms with van der Waals surface area (Å²) in [5, 5.41) is 10.8. The molecule has 0 radical (unpaired) electrons. The highest BCUT2D eigenvalue weighted by atomic mass is 79.9. The van der Waals surface area contributed by atoms with Gasteiger partial charge in [-0.25, -0.2) is 0 Å². The Bertz CT molecular complexity index is 759. The minimum absolute atomic E-state index is 0.0447. The molecule has 1 N–H and O–H groups in total. The molecule has 4 rings (SSSR count). The van der Waals surface area contributed by atoms with Crippen molar-refractivity contribution in [1.82, 2.24) is 0 Å². The first-order valence-corrected chi connectivity index (χ1v) is 14.6. The Hall–Kier alpha value is 0.180. The summed E-state index contributed by atoms with van der Waals surface area (Å²) in [5.41, 5.74) is 4.94. The molecule has 0 unspecified atom stereocenters. The minimum atomic E-state index is -0.131. The topological polar surface area (TPSA) is 20.2 Å². The van der Waals surface area contributed by atoms with E-state index in [0.29, 0.717) is 22.2 Å². The van der Waals surface area contributed by atoms with Gasteiger partial charge in [-0.15, -0.1) is 0 Å². The van der Waals surface area contributed by atoms with Crippen LogP contribution in [0.2, 0.25) is 0 Å². The molecule has 7 atom stereocenters. The van der Waals surface area contributed by atoms with Crippen molar-refractivity contribution in [3.8, 4) is 0 Å². The van der Waals surface area contributed by atoms with E-state index in [2.05, 4.69) is 71.3 Å². The SMILES string of the molecule is C[C@H](CCCC(C)(C)Br)[C@H]1CC[C@@]2(C)C3=C(CC[C@]12C)[C@@]1(C)CC[C@H](O)C(C)(C)[C@@H]1CC3. The van der Waals surface area contributed by atoms with Gasteiger partial charge in [-0.3, -0.25) is 0 Å². The second-order valence-corrected chi connectivity index (χ2v) is 16.5. The molecule has 0 amide bonds. The number of allylic oxidation sites excluding steroid dienone is 2. The number of fused-ring (bicyclic) bond motifs is 4. The molecule has 0 aromatic rings. The quantitative estimate of drug-likeness (QED) is 0.291. The van der Waals surface area contributed by atoms with Crippen LogP contribution >= 0.6 is 15.9 Å². The standard InChI is InChI=1S/C30H51BrO/c1-20(10-9-16-26(2,3)31)21-13-18-30(8)23-11-12-24-27(4,5)25(32)15-17-28(24,6)22(23)14-19-29(21,30)7/h20-21,24-25,32H,9-19H2,1-8H3/t20-,21-,24+,25+,28-,29-,30+/m1/s1. The molecule has 0 saturated heterocycles. The van der Waals surface area contributed by atoms with E-state index in [9.17, 15) is 5.11 Å². The minimum Gasteiger partial charge on any atom is -0.393 e. The maximum Gasteiger partial charge on any atom is 0.0594 e. The van der Waals surface area contributed by atoms with E-state index >= 15 is 0 Å². The number of alkyl halides is 1. The van der Waals surface area contributed by atoms with E-state index in [1.165, 1.54) is 64.2 Å². The predicted molar refractivity (Wildman–Crippen MR) is 141 cm³/mol. The normalized spacial score (nSPS) is 44.6. The van der Waals surface area contributed by atoms with Gasteiger partial charge in [-0.1, -0.05) is 95.3 Å². The van der Waals surface area contributed by atoms with Gasteiger partial charge in [0.15, 0.2) is 0 Å². The first kappa shape index (κ1) is 25.3. The lowest BCUT2D eigenvalue weighted by atomic mass is 9.43. The first-order chi connectivity index (χ1) is 14.7. The predicted octanol–water partition coefficient (Wildman–Crippen LogP) is 9.08. The van der Waals surface area contributed by atoms with Crippen molar-refractivity contribution in [2.75, 3.05) is 0 Å². The smallest absolute Gasteiger partial charge is 0.0594 e. The van der Waals surface area contributed by atoms with Crippen molar-refractivity contribution in [3.05, 3.63) is 11.1 Å². The van der Waals surface area contributed by atoms with E-state index in [-0.39, 0.29) is 15.8 Å². The Morgan fingerprint density at radius 3 is 2.31 bits per heavy atom. The van der Waals surface area contributed by atoms with Gasteiger partial charge >= 0.3 is 0 Å². The molecule has 1 nitrogen and oxygen atoms in total. The molecule has 4 aliphatic carbocycles. The summed E-state index contributed by atoms with van der Waals surface area (Å²) >= 11 is 3.85. The zero-order chi connectivity index (χ0) is 23.7. The average Bonchev–Trinajstić information content (AvgIpc) is 2.96. The van der Waals surface area contributed by atoms with Gasteiger partial charge in [0.2, 0.25) is 0 Å². The molecule has 0 heterocycles. The molecule has 0 bridgehead atoms. The number of rotatable bonds is 5. The lowest BCUT2D eigenvalue weighted by Crippen LogP contribution is -2.55. The molecule has 0 aliphatic heterocycles. The highest BCUT2D eigenvalue weighted by Gasteiger charge is 2.63. The molecule has 2 fully saturated rings. The first-order valence-electron chi connectivity index (χ1n) is 13.8. The Morgan fingerprint density at radius 2 is 1.66 bits per heavy atom. The summed E-state index contributed by atoms with van der Waals surface area (Å²) in [6, 6.07) is 0. The summed E-state index contributed by atoms with van der Waals surface area (Å²) in [5.74, 6) is 2.33. The van der Waals surface area contributed by atoms with Crippen LogP contribution in [0.4, 0.5) is 0 Å². The third-order valence-electron chi connectivity index (χ3n) is 11.9. The van der Waals surface area contributed by atoms with Gasteiger partial charge in [-0.2, -0.15) is 0 Å². The molecule has 0 aromatic heterocycles. The van der Waals surface area contributed by atoms with Crippen LogP contribution < -0.4 is 0 Å². The lowest BCUT2D eigenvalue weighted by Gasteiger charge is -2.62. The maximum absolute atomic E-state index is 10.8. The van der Waals surface area contributed by atoms with Gasteiger partial charge in [0.1, 0.15) is 0 Å². The average molecular weight is 508 g/mol. The van der Waals surface area contributed by atoms with E-state index in [1.807, 2.05) is 11.1 Å². The fourth-order valence-corrected chi connectivity index (χ4v) is 9.95. The van der Waals surface area contributed by atoms with E-state index in [1.54, 1.807) is 0 Å². The van der Waals surface area contributed by atoms with Crippen LogP contribution in [0.15, 0.2) is 11.1 Å². The molecule has 2 saturated carbocycles. The Balaban J connectivity index is 1.60. The zero-order valence-electron chi connectivity index (χ0n) is 22.4. The molecule has 2 heteroatoms. The van der Waals surface area contributed by atoms with Crippen molar-refractivity contribution in [2.45, 2.75) is 136 Å². The van der Waals surface area contributed by atoms with Crippen LogP contribution in [0.25, 0.3) is 0 Å². The second kappa shape index (κ2) is 8.11. The number of hydrogen-bond acceptors (Lipinski definition) is 1. The third-order valence-corrected chi connectivity index (χ3v) is 12.3. The second-order valence-electron chi connectivity index (χ2n) is 14.3. The number of hydrogen-bond donors (Lipinski definition) is 1. The summed E-state index contributed by atoms with van der Waals surface area (Å²) in [6.45, 7) is 19.8. The van der Waals surface area contributed by atoms with E-state index in [4.69, 9.17) is 0 Å². The molecule has 184 valence electrons. The maximum atomic E-state index is 10.8. The van der Waals surface area contributed by atoms with Crippen LogP contribution in [-0.2, 0) is 0 Å². The summed E-state index contributed by atoms with van der Waals surface area (Å²) in [6.07, 6.45) is 14.1. The van der Waals surface area contributed by atoms with Crippen LogP contribution in [0, 0.1) is 39.4 Å². The monoisotopic (exact) mass is 506 g/mol. The summed E-state index contributed by atoms with van der Waals surface area (Å²) in [7, 11) is 0. The van der Waals surface area contributed by atoms with Crippen molar-refractivity contribution < 1.29 is 5.11 Å². The van der Waals surface area contributed by atoms with Crippen LogP contribution in [0.1, 0.15) is 126 Å². The fraction of sp³-hybridized carbons (Fsp3) is 0.933. The Labute approximate surface area is 207 Å². The molecule has 0 aromatic carbocycles. The Kier molecular flexibility index (Phi) is 6.41. The van der Waals surface area contributed by atoms with E-state index < -0.39 is 0 Å². The van der Waals surface area contributed by atoms with E-state index in [0.717, 1.165) is 18.3 Å². The zero-order valence-corrected chi connectivity index (χ0v) is 24.0. The van der Waals surface area contributed by atoms with Crippen molar-refractivity contribution in [2.24, 2.45) is 39.4 Å². The summed E-state index contributed by atoms with van der Waals surface area (Å²) in [4.78, 5) is 0. The van der Waals surface area contributed by atoms with Crippen LogP contribution in [0.3, 0.4) is 0 Å². The number of aliphatic hydroxyl groups excluding tert-OH is 1. The van der Waals surface area contributed by atoms with Crippen molar-refractivity contribution >= 4 is 15.9 Å². The van der Waals surface area contributed by atoms with Gasteiger partial charge in [0.05, 0.1) is 6.10 Å². The van der Waals surface area contributed by atoms with Crippen LogP contribution in [-0.4, -0.2) is 15.5 Å². The number of aliphatic hydroxyl groups is 1. The molecular formula is C30H51BrO. The molecule has 0 spiro atoms. The lowest BCUT2D eigenvalue weighted by molar-refractivity contribution is -0.0962. The third kappa shape index (κ3) is 3.71. The van der Waals surface area contributed by atoms with Crippen molar-refractivity contribution in [3.63, 3.8) is 0 Å². The van der Waals surface area contributed by atoms with Gasteiger partial charge in [0.25, 0.3) is 0 Å². The fourth-order valence-electron chi connectivity index (χ4n) is 9.67. The highest BCUT2D eigenvalue weighted by Crippen LogP contribution is 2.72. The molecular weight excluding hydrogens is 456 g/mol. The molecule has 4 aliphatic rings.